The highest BCUT2D eigenvalue weighted by Gasteiger charge is 2.16. The molecule has 1 atom stereocenters. The minimum atomic E-state index is -0.789. The Kier molecular flexibility index (Phi) is 78.3. The minimum Gasteiger partial charge on any atom is -0.462 e. The normalized spacial score (nSPS) is 12.9. The molecule has 0 saturated heterocycles. The van der Waals surface area contributed by atoms with Crippen LogP contribution in [0, 0.1) is 0 Å². The van der Waals surface area contributed by atoms with Crippen molar-refractivity contribution in [3.63, 3.8) is 0 Å². The standard InChI is InChI=1S/C87H152O5/c1-3-5-7-9-11-13-15-17-19-21-23-25-27-29-31-33-35-37-39-41-42-43-44-46-47-49-51-53-55-57-59-61-63-65-67-69-71-73-75-77-79-81-86(89)91-84-85(83-88)92-87(90)82-80-78-76-74-72-70-68-66-64-62-60-58-56-54-52-50-48-45-40-38-36-34-32-30-28-26-24-22-20-18-16-14-12-10-8-6-4-2/h6,8,12,14,18,20,24,26,30,32,36,38,45,48,52,54,58,60,64,66,85,88H,3-5,7,9-11,13,15-17,19,21-23,25,27-29,31,33-35,37,39-44,46-47,49-51,53,55-57,59,61-63,65,67-84H2,1-2H3/b8-6-,14-12-,20-18-,26-24-,32-30-,38-36-,48-45-,54-52-,60-58-,66-64-. The van der Waals surface area contributed by atoms with Crippen molar-refractivity contribution in [3.8, 4) is 0 Å². The first kappa shape index (κ1) is 88.3. The summed E-state index contributed by atoms with van der Waals surface area (Å²) in [5.74, 6) is -0.598. The van der Waals surface area contributed by atoms with Crippen LogP contribution in [0.1, 0.15) is 399 Å². The second-order valence-electron chi connectivity index (χ2n) is 26.8. The van der Waals surface area contributed by atoms with Crippen molar-refractivity contribution < 1.29 is 24.2 Å². The summed E-state index contributed by atoms with van der Waals surface area (Å²) in [6.45, 7) is 4.06. The van der Waals surface area contributed by atoms with Gasteiger partial charge in [0.2, 0.25) is 0 Å². The predicted octanol–water partition coefficient (Wildman–Crippen LogP) is 28.4. The van der Waals surface area contributed by atoms with Crippen LogP contribution >= 0.6 is 0 Å². The van der Waals surface area contributed by atoms with Gasteiger partial charge in [-0.3, -0.25) is 9.59 Å². The van der Waals surface area contributed by atoms with Crippen molar-refractivity contribution in [2.45, 2.75) is 405 Å². The summed E-state index contributed by atoms with van der Waals surface area (Å²) in [6, 6.07) is 0. The van der Waals surface area contributed by atoms with Gasteiger partial charge in [0, 0.05) is 12.8 Å². The maximum Gasteiger partial charge on any atom is 0.306 e. The van der Waals surface area contributed by atoms with Gasteiger partial charge < -0.3 is 14.6 Å². The second kappa shape index (κ2) is 81.5. The molecule has 0 aliphatic rings. The first-order valence-electron chi connectivity index (χ1n) is 40.1. The van der Waals surface area contributed by atoms with Gasteiger partial charge in [-0.15, -0.1) is 0 Å². The molecule has 0 saturated carbocycles. The first-order valence-corrected chi connectivity index (χ1v) is 40.1. The van der Waals surface area contributed by atoms with Crippen LogP contribution in [0.15, 0.2) is 122 Å². The topological polar surface area (TPSA) is 72.8 Å². The summed E-state index contributed by atoms with van der Waals surface area (Å²) >= 11 is 0. The fourth-order valence-electron chi connectivity index (χ4n) is 11.8. The lowest BCUT2D eigenvalue weighted by molar-refractivity contribution is -0.161. The van der Waals surface area contributed by atoms with E-state index in [0.29, 0.717) is 12.8 Å². The number of hydrogen-bond donors (Lipinski definition) is 1. The van der Waals surface area contributed by atoms with E-state index in [2.05, 4.69) is 135 Å². The van der Waals surface area contributed by atoms with Crippen LogP contribution in [0.25, 0.3) is 0 Å². The van der Waals surface area contributed by atoms with Crippen molar-refractivity contribution in [3.05, 3.63) is 122 Å². The van der Waals surface area contributed by atoms with Gasteiger partial charge in [0.05, 0.1) is 6.61 Å². The van der Waals surface area contributed by atoms with E-state index in [1.54, 1.807) is 0 Å². The van der Waals surface area contributed by atoms with Gasteiger partial charge in [-0.1, -0.05) is 418 Å². The molecule has 0 radical (unpaired) electrons. The number of rotatable bonds is 74. The third-order valence-corrected chi connectivity index (χ3v) is 17.8. The van der Waals surface area contributed by atoms with E-state index < -0.39 is 6.10 Å². The van der Waals surface area contributed by atoms with Crippen LogP contribution in [0.2, 0.25) is 0 Å². The molecule has 5 heteroatoms. The number of carbonyl (C=O) groups excluding carboxylic acids is 2. The lowest BCUT2D eigenvalue weighted by Gasteiger charge is -2.15. The molecule has 0 fully saturated rings. The molecule has 0 heterocycles. The maximum absolute atomic E-state index is 12.4. The number of unbranched alkanes of at least 4 members (excludes halogenated alkanes) is 46. The molecular formula is C87H152O5. The van der Waals surface area contributed by atoms with Gasteiger partial charge in [0.1, 0.15) is 6.61 Å². The minimum absolute atomic E-state index is 0.0747. The fourth-order valence-corrected chi connectivity index (χ4v) is 11.8. The summed E-state index contributed by atoms with van der Waals surface area (Å²) < 4.78 is 10.8. The largest absolute Gasteiger partial charge is 0.462 e. The molecule has 1 unspecified atom stereocenters. The quantitative estimate of drug-likeness (QED) is 0.0373. The van der Waals surface area contributed by atoms with Gasteiger partial charge in [-0.25, -0.2) is 0 Å². The van der Waals surface area contributed by atoms with Crippen molar-refractivity contribution >= 4 is 11.9 Å². The Morgan fingerprint density at radius 3 is 0.707 bits per heavy atom. The highest BCUT2D eigenvalue weighted by molar-refractivity contribution is 5.70. The van der Waals surface area contributed by atoms with Gasteiger partial charge in [0.15, 0.2) is 6.10 Å². The zero-order valence-corrected chi connectivity index (χ0v) is 61.0. The third-order valence-electron chi connectivity index (χ3n) is 17.8. The number of aliphatic hydroxyl groups is 1. The SMILES string of the molecule is CC/C=C\C/C=C\C/C=C\C/C=C\C/C=C\C/C=C\C/C=C\C/C=C\C/C=C\C/C=C\CCCCCCCCC(=O)OC(CO)COC(=O)CCCCCCCCCCCCCCCCCCCCCCCCCCCCCCCCCCCCCCCCCCC. The summed E-state index contributed by atoms with van der Waals surface area (Å²) in [6.07, 6.45) is 120. The molecule has 0 spiro atoms. The number of hydrogen-bond acceptors (Lipinski definition) is 5. The van der Waals surface area contributed by atoms with Crippen molar-refractivity contribution in [2.75, 3.05) is 13.2 Å². The highest BCUT2D eigenvalue weighted by Crippen LogP contribution is 2.19. The van der Waals surface area contributed by atoms with E-state index in [4.69, 9.17) is 9.47 Å². The second-order valence-corrected chi connectivity index (χ2v) is 26.8. The summed E-state index contributed by atoms with van der Waals surface area (Å²) in [5.41, 5.74) is 0. The molecule has 0 aliphatic heterocycles. The van der Waals surface area contributed by atoms with E-state index in [0.717, 1.165) is 109 Å². The maximum atomic E-state index is 12.4. The third kappa shape index (κ3) is 78.7. The molecule has 0 aromatic heterocycles. The Labute approximate surface area is 573 Å². The Balaban J connectivity index is 3.47. The molecular weight excluding hydrogens is 1120 g/mol. The van der Waals surface area contributed by atoms with Crippen molar-refractivity contribution in [1.82, 2.24) is 0 Å². The molecule has 92 heavy (non-hydrogen) atoms. The molecule has 0 rings (SSSR count). The van der Waals surface area contributed by atoms with Crippen molar-refractivity contribution in [2.24, 2.45) is 0 Å². The van der Waals surface area contributed by atoms with Gasteiger partial charge in [0.25, 0.3) is 0 Å². The number of allylic oxidation sites excluding steroid dienone is 20. The van der Waals surface area contributed by atoms with Gasteiger partial charge in [-0.05, 0) is 89.9 Å². The highest BCUT2D eigenvalue weighted by atomic mass is 16.6. The molecule has 1 N–H and O–H groups in total. The average molecular weight is 1280 g/mol. The molecule has 5 nitrogen and oxygen atoms in total. The Hall–Kier alpha value is -3.70. The average Bonchev–Trinajstić information content (AvgIpc) is 3.70. The number of esters is 2. The molecule has 530 valence electrons. The van der Waals surface area contributed by atoms with Crippen LogP contribution < -0.4 is 0 Å². The van der Waals surface area contributed by atoms with E-state index in [1.807, 2.05) is 0 Å². The number of ether oxygens (including phenoxy) is 2. The van der Waals surface area contributed by atoms with E-state index in [-0.39, 0.29) is 25.2 Å². The predicted molar refractivity (Wildman–Crippen MR) is 408 cm³/mol. The lowest BCUT2D eigenvalue weighted by atomic mass is 10.0. The molecule has 0 aromatic carbocycles. The first-order chi connectivity index (χ1) is 45.6. The molecule has 0 bridgehead atoms. The van der Waals surface area contributed by atoms with E-state index >= 15 is 0 Å². The van der Waals surface area contributed by atoms with Crippen LogP contribution in [0.5, 0.6) is 0 Å². The van der Waals surface area contributed by atoms with Crippen LogP contribution in [0.3, 0.4) is 0 Å². The van der Waals surface area contributed by atoms with Crippen molar-refractivity contribution in [1.29, 1.82) is 0 Å². The van der Waals surface area contributed by atoms with E-state index in [9.17, 15) is 14.7 Å². The smallest absolute Gasteiger partial charge is 0.306 e. The Morgan fingerprint density at radius 1 is 0.261 bits per heavy atom. The molecule has 0 aliphatic carbocycles. The Bertz CT molecular complexity index is 1790. The lowest BCUT2D eigenvalue weighted by Crippen LogP contribution is -2.28. The van der Waals surface area contributed by atoms with Gasteiger partial charge >= 0.3 is 11.9 Å². The fraction of sp³-hybridized carbons (Fsp3) is 0.747. The monoisotopic (exact) mass is 1280 g/mol. The molecule has 0 aromatic rings. The summed E-state index contributed by atoms with van der Waals surface area (Å²) in [5, 5.41) is 9.72. The zero-order valence-electron chi connectivity index (χ0n) is 61.0. The Morgan fingerprint density at radius 2 is 0.467 bits per heavy atom. The number of aliphatic hydroxyl groups excluding tert-OH is 1. The van der Waals surface area contributed by atoms with Gasteiger partial charge in [-0.2, -0.15) is 0 Å². The van der Waals surface area contributed by atoms with Crippen LogP contribution in [0.4, 0.5) is 0 Å². The van der Waals surface area contributed by atoms with Crippen LogP contribution in [-0.4, -0.2) is 36.4 Å². The summed E-state index contributed by atoms with van der Waals surface area (Å²) in [7, 11) is 0. The van der Waals surface area contributed by atoms with Crippen LogP contribution in [-0.2, 0) is 19.1 Å². The van der Waals surface area contributed by atoms with E-state index in [1.165, 1.54) is 263 Å². The molecule has 0 amide bonds. The summed E-state index contributed by atoms with van der Waals surface area (Å²) in [4.78, 5) is 24.7. The number of carbonyl (C=O) groups is 2. The zero-order chi connectivity index (χ0) is 66.1.